The normalized spacial score (nSPS) is 28.2. The highest BCUT2D eigenvalue weighted by atomic mass is 16.5. The van der Waals surface area contributed by atoms with Gasteiger partial charge in [-0.3, -0.25) is 4.79 Å². The summed E-state index contributed by atoms with van der Waals surface area (Å²) in [5.74, 6) is 0.903. The first-order valence-electron chi connectivity index (χ1n) is 12.2. The maximum Gasteiger partial charge on any atom is 0.225 e. The summed E-state index contributed by atoms with van der Waals surface area (Å²) in [6.45, 7) is 5.61. The van der Waals surface area contributed by atoms with Gasteiger partial charge in [-0.25, -0.2) is 0 Å². The molecular formula is C27H37NO5. The van der Waals surface area contributed by atoms with Crippen molar-refractivity contribution in [3.05, 3.63) is 59.2 Å². The number of morpholine rings is 1. The van der Waals surface area contributed by atoms with E-state index in [1.165, 1.54) is 11.1 Å². The monoisotopic (exact) mass is 455 g/mol. The van der Waals surface area contributed by atoms with Crippen LogP contribution in [-0.4, -0.2) is 72.7 Å². The molecule has 6 nitrogen and oxygen atoms in total. The molecule has 2 N–H and O–H groups in total. The average molecular weight is 456 g/mol. The van der Waals surface area contributed by atoms with Crippen molar-refractivity contribution in [2.45, 2.75) is 44.8 Å². The molecule has 1 aromatic rings. The lowest BCUT2D eigenvalue weighted by molar-refractivity contribution is -0.136. The minimum Gasteiger partial charge on any atom is -0.392 e. The maximum absolute atomic E-state index is 12.2. The van der Waals surface area contributed by atoms with Gasteiger partial charge in [0.2, 0.25) is 5.91 Å². The summed E-state index contributed by atoms with van der Waals surface area (Å²) in [6, 6.07) is 8.20. The molecule has 0 bridgehead atoms. The van der Waals surface area contributed by atoms with E-state index in [0.717, 1.165) is 18.4 Å². The van der Waals surface area contributed by atoms with Crippen LogP contribution in [0.3, 0.4) is 0 Å². The fourth-order valence-electron chi connectivity index (χ4n) is 5.45. The van der Waals surface area contributed by atoms with Gasteiger partial charge in [0.05, 0.1) is 45.1 Å². The van der Waals surface area contributed by atoms with Gasteiger partial charge in [-0.2, -0.15) is 0 Å². The second kappa shape index (κ2) is 11.4. The number of aryl methyl sites for hydroxylation is 1. The summed E-state index contributed by atoms with van der Waals surface area (Å²) in [6.07, 6.45) is 7.85. The minimum atomic E-state index is -0.556. The molecule has 1 saturated carbocycles. The fraction of sp³-hybridized carbons (Fsp3) is 0.593. The molecule has 1 aliphatic heterocycles. The van der Waals surface area contributed by atoms with Crippen molar-refractivity contribution in [1.29, 1.82) is 0 Å². The number of benzene rings is 1. The number of amides is 1. The summed E-state index contributed by atoms with van der Waals surface area (Å²) >= 11 is 0. The third-order valence-corrected chi connectivity index (χ3v) is 7.14. The SMILES string of the molecule is Cc1cccc(C[C@H](O)/C=C/[C@@H]2[C@H]3CC(COCCC(=O)N4CCOCC4)=C[C@H]3C[C@H]2O)c1. The van der Waals surface area contributed by atoms with Crippen molar-refractivity contribution in [3.8, 4) is 0 Å². The van der Waals surface area contributed by atoms with Crippen LogP contribution in [-0.2, 0) is 20.7 Å². The molecule has 1 saturated heterocycles. The molecule has 6 heteroatoms. The van der Waals surface area contributed by atoms with Crippen molar-refractivity contribution in [1.82, 2.24) is 4.90 Å². The number of aliphatic hydroxyl groups excluding tert-OH is 2. The first kappa shape index (κ1) is 24.1. The lowest BCUT2D eigenvalue weighted by atomic mass is 9.89. The lowest BCUT2D eigenvalue weighted by Gasteiger charge is -2.26. The molecule has 180 valence electrons. The van der Waals surface area contributed by atoms with Gasteiger partial charge < -0.3 is 24.6 Å². The third kappa shape index (κ3) is 6.54. The Balaban J connectivity index is 1.21. The molecule has 3 aliphatic rings. The standard InChI is InChI=1S/C27H37NO5/c1-19-3-2-4-20(13-19)15-23(29)5-6-24-25-16-21(14-22(25)17-26(24)30)18-33-10-7-27(31)28-8-11-32-12-9-28/h2-6,13-14,22-26,29-30H,7-12,15-18H2,1H3/b6-5+/t22-,23+,24+,25-,26+/m0/s1. The van der Waals surface area contributed by atoms with Gasteiger partial charge in [0.25, 0.3) is 0 Å². The fourth-order valence-corrected chi connectivity index (χ4v) is 5.45. The predicted octanol–water partition coefficient (Wildman–Crippen LogP) is 2.66. The van der Waals surface area contributed by atoms with Crippen LogP contribution in [0.2, 0.25) is 0 Å². The number of nitrogens with zero attached hydrogens (tertiary/aromatic N) is 1. The molecule has 0 aromatic heterocycles. The molecule has 1 heterocycles. The lowest BCUT2D eigenvalue weighted by Crippen LogP contribution is -2.41. The third-order valence-electron chi connectivity index (χ3n) is 7.14. The molecule has 0 radical (unpaired) electrons. The van der Waals surface area contributed by atoms with E-state index in [9.17, 15) is 15.0 Å². The van der Waals surface area contributed by atoms with Gasteiger partial charge in [0.15, 0.2) is 0 Å². The van der Waals surface area contributed by atoms with Crippen molar-refractivity contribution < 1.29 is 24.5 Å². The van der Waals surface area contributed by atoms with E-state index in [1.54, 1.807) is 0 Å². The van der Waals surface area contributed by atoms with Gasteiger partial charge in [0.1, 0.15) is 0 Å². The van der Waals surface area contributed by atoms with Gasteiger partial charge in [-0.15, -0.1) is 0 Å². The summed E-state index contributed by atoms with van der Waals surface area (Å²) in [5, 5.41) is 21.1. The van der Waals surface area contributed by atoms with Crippen LogP contribution in [0.15, 0.2) is 48.1 Å². The smallest absolute Gasteiger partial charge is 0.225 e. The minimum absolute atomic E-state index is 0.0545. The Kier molecular flexibility index (Phi) is 8.36. The topological polar surface area (TPSA) is 79.2 Å². The Morgan fingerprint density at radius 3 is 2.94 bits per heavy atom. The number of hydrogen-bond donors (Lipinski definition) is 2. The molecule has 0 unspecified atom stereocenters. The molecule has 1 amide bonds. The highest BCUT2D eigenvalue weighted by Gasteiger charge is 2.43. The summed E-state index contributed by atoms with van der Waals surface area (Å²) in [5.41, 5.74) is 3.57. The van der Waals surface area contributed by atoms with Gasteiger partial charge in [0, 0.05) is 25.4 Å². The van der Waals surface area contributed by atoms with E-state index in [-0.39, 0.29) is 17.9 Å². The Morgan fingerprint density at radius 2 is 2.15 bits per heavy atom. The predicted molar refractivity (Wildman–Crippen MR) is 127 cm³/mol. The zero-order valence-electron chi connectivity index (χ0n) is 19.6. The number of carbonyl (C=O) groups is 1. The second-order valence-electron chi connectivity index (χ2n) is 9.68. The van der Waals surface area contributed by atoms with Crippen LogP contribution < -0.4 is 0 Å². The zero-order valence-corrected chi connectivity index (χ0v) is 19.6. The highest BCUT2D eigenvalue weighted by molar-refractivity contribution is 5.76. The molecular weight excluding hydrogens is 418 g/mol. The van der Waals surface area contributed by atoms with E-state index < -0.39 is 6.10 Å². The van der Waals surface area contributed by atoms with Gasteiger partial charge in [-0.05, 0) is 42.7 Å². The number of ether oxygens (including phenoxy) is 2. The molecule has 2 aliphatic carbocycles. The molecule has 33 heavy (non-hydrogen) atoms. The summed E-state index contributed by atoms with van der Waals surface area (Å²) in [4.78, 5) is 14.1. The van der Waals surface area contributed by atoms with Crippen LogP contribution in [0.1, 0.15) is 30.4 Å². The number of aliphatic hydroxyl groups is 2. The first-order chi connectivity index (χ1) is 16.0. The van der Waals surface area contributed by atoms with Crippen LogP contribution >= 0.6 is 0 Å². The molecule has 0 spiro atoms. The Morgan fingerprint density at radius 1 is 1.33 bits per heavy atom. The van der Waals surface area contributed by atoms with E-state index in [0.29, 0.717) is 64.2 Å². The Hall–Kier alpha value is -1.99. The van der Waals surface area contributed by atoms with E-state index in [1.807, 2.05) is 29.2 Å². The molecule has 4 rings (SSSR count). The largest absolute Gasteiger partial charge is 0.392 e. The van der Waals surface area contributed by atoms with Gasteiger partial charge >= 0.3 is 0 Å². The van der Waals surface area contributed by atoms with Crippen LogP contribution in [0.25, 0.3) is 0 Å². The van der Waals surface area contributed by atoms with Gasteiger partial charge in [-0.1, -0.05) is 48.1 Å². The Labute approximate surface area is 196 Å². The average Bonchev–Trinajstić information content (AvgIpc) is 3.32. The van der Waals surface area contributed by atoms with Crippen molar-refractivity contribution in [2.24, 2.45) is 17.8 Å². The number of carbonyl (C=O) groups excluding carboxylic acids is 1. The number of fused-ring (bicyclic) bond motifs is 1. The van der Waals surface area contributed by atoms with Crippen LogP contribution in [0, 0.1) is 24.7 Å². The highest BCUT2D eigenvalue weighted by Crippen LogP contribution is 2.47. The number of hydrogen-bond acceptors (Lipinski definition) is 5. The second-order valence-corrected chi connectivity index (χ2v) is 9.68. The van der Waals surface area contributed by atoms with Crippen molar-refractivity contribution in [2.75, 3.05) is 39.5 Å². The van der Waals surface area contributed by atoms with Crippen LogP contribution in [0.4, 0.5) is 0 Å². The molecule has 5 atom stereocenters. The first-order valence-corrected chi connectivity index (χ1v) is 12.2. The summed E-state index contributed by atoms with van der Waals surface area (Å²) in [7, 11) is 0. The number of rotatable bonds is 9. The zero-order chi connectivity index (χ0) is 23.2. The van der Waals surface area contributed by atoms with E-state index >= 15 is 0 Å². The maximum atomic E-state index is 12.2. The van der Waals surface area contributed by atoms with Crippen molar-refractivity contribution in [3.63, 3.8) is 0 Å². The van der Waals surface area contributed by atoms with E-state index in [4.69, 9.17) is 9.47 Å². The quantitative estimate of drug-likeness (QED) is 0.442. The van der Waals surface area contributed by atoms with E-state index in [2.05, 4.69) is 25.1 Å². The molecule has 1 aromatic carbocycles. The Bertz CT molecular complexity index is 860. The summed E-state index contributed by atoms with van der Waals surface area (Å²) < 4.78 is 11.1. The number of allylic oxidation sites excluding steroid dienone is 1. The van der Waals surface area contributed by atoms with Crippen LogP contribution in [0.5, 0.6) is 0 Å². The van der Waals surface area contributed by atoms with Crippen molar-refractivity contribution >= 4 is 5.91 Å². The molecule has 2 fully saturated rings.